The van der Waals surface area contributed by atoms with Gasteiger partial charge in [-0.15, -0.1) is 11.6 Å². The lowest BCUT2D eigenvalue weighted by molar-refractivity contribution is -0.134. The lowest BCUT2D eigenvalue weighted by Crippen LogP contribution is -2.52. The van der Waals surface area contributed by atoms with Crippen molar-refractivity contribution in [2.24, 2.45) is 0 Å². The largest absolute Gasteiger partial charge is 0.484 e. The van der Waals surface area contributed by atoms with E-state index < -0.39 is 5.60 Å². The fraction of sp³-hybridized carbons (Fsp3) is 0.500. The molecule has 0 aliphatic carbocycles. The van der Waals surface area contributed by atoms with Crippen molar-refractivity contribution in [1.82, 2.24) is 4.90 Å². The van der Waals surface area contributed by atoms with Gasteiger partial charge in [-0.3, -0.25) is 9.59 Å². The van der Waals surface area contributed by atoms with Gasteiger partial charge in [-0.05, 0) is 12.1 Å². The number of nitrogens with zero attached hydrogens (tertiary/aromatic N) is 1. The van der Waals surface area contributed by atoms with Gasteiger partial charge in [-0.2, -0.15) is 0 Å². The molecule has 1 aromatic rings. The minimum absolute atomic E-state index is 0.0174. The summed E-state index contributed by atoms with van der Waals surface area (Å²) < 4.78 is 6.13. The second-order valence-electron chi connectivity index (χ2n) is 5.97. The molecule has 2 aliphatic rings. The van der Waals surface area contributed by atoms with Gasteiger partial charge in [-0.1, -0.05) is 23.2 Å². The van der Waals surface area contributed by atoms with Crippen LogP contribution in [0, 0.1) is 0 Å². The first-order valence-corrected chi connectivity index (χ1v) is 8.78. The minimum atomic E-state index is -0.584. The van der Waals surface area contributed by atoms with Gasteiger partial charge in [0.05, 0.1) is 17.0 Å². The average molecular weight is 377 g/mol. The number of amides is 1. The number of ether oxygens (including phenoxy) is 1. The van der Waals surface area contributed by atoms with E-state index in [9.17, 15) is 9.59 Å². The van der Waals surface area contributed by atoms with Gasteiger partial charge in [0.15, 0.2) is 5.78 Å². The van der Waals surface area contributed by atoms with Gasteiger partial charge in [0.2, 0.25) is 5.91 Å². The summed E-state index contributed by atoms with van der Waals surface area (Å²) in [6.07, 6.45) is 1.83. The number of benzene rings is 1. The fourth-order valence-electron chi connectivity index (χ4n) is 3.19. The number of hydrogen-bond acceptors (Lipinski definition) is 3. The van der Waals surface area contributed by atoms with Crippen molar-refractivity contribution in [3.63, 3.8) is 0 Å². The SMILES string of the molecule is O=C1CC2(CCN(C(=O)CCCl)CC2)Oc2c(Cl)cc(Cl)cc21. The molecule has 1 aromatic carbocycles. The molecule has 2 aliphatic heterocycles. The Balaban J connectivity index is 1.79. The number of carbonyl (C=O) groups is 2. The zero-order valence-electron chi connectivity index (χ0n) is 12.4. The van der Waals surface area contributed by atoms with Crippen LogP contribution in [-0.2, 0) is 4.79 Å². The topological polar surface area (TPSA) is 46.6 Å². The Kier molecular flexibility index (Phi) is 4.77. The number of fused-ring (bicyclic) bond motifs is 1. The van der Waals surface area contributed by atoms with E-state index >= 15 is 0 Å². The molecular weight excluding hydrogens is 361 g/mol. The number of piperidine rings is 1. The molecule has 0 aromatic heterocycles. The summed E-state index contributed by atoms with van der Waals surface area (Å²) in [4.78, 5) is 26.2. The summed E-state index contributed by atoms with van der Waals surface area (Å²) >= 11 is 17.8. The number of rotatable bonds is 2. The minimum Gasteiger partial charge on any atom is -0.484 e. The molecule has 0 radical (unpaired) electrons. The first kappa shape index (κ1) is 16.9. The van der Waals surface area contributed by atoms with E-state index in [1.807, 2.05) is 0 Å². The predicted molar refractivity (Wildman–Crippen MR) is 89.9 cm³/mol. The number of ketones is 1. The quantitative estimate of drug-likeness (QED) is 0.734. The van der Waals surface area contributed by atoms with Crippen LogP contribution >= 0.6 is 34.8 Å². The molecule has 23 heavy (non-hydrogen) atoms. The van der Waals surface area contributed by atoms with Crippen LogP contribution in [0.4, 0.5) is 0 Å². The molecule has 1 amide bonds. The van der Waals surface area contributed by atoms with Gasteiger partial charge in [0.25, 0.3) is 0 Å². The molecule has 124 valence electrons. The third-order valence-electron chi connectivity index (χ3n) is 4.45. The van der Waals surface area contributed by atoms with E-state index in [2.05, 4.69) is 0 Å². The van der Waals surface area contributed by atoms with Crippen LogP contribution in [0.15, 0.2) is 12.1 Å². The Hall–Kier alpha value is -0.970. The molecule has 1 fully saturated rings. The Morgan fingerprint density at radius 2 is 1.96 bits per heavy atom. The number of alkyl halides is 1. The Labute approximate surface area is 149 Å². The summed E-state index contributed by atoms with van der Waals surface area (Å²) in [6, 6.07) is 3.17. The highest BCUT2D eigenvalue weighted by atomic mass is 35.5. The van der Waals surface area contributed by atoms with E-state index in [0.717, 1.165) is 0 Å². The fourth-order valence-corrected chi connectivity index (χ4v) is 3.89. The first-order valence-electron chi connectivity index (χ1n) is 7.49. The zero-order valence-corrected chi connectivity index (χ0v) is 14.7. The van der Waals surface area contributed by atoms with Crippen LogP contribution in [0.5, 0.6) is 5.75 Å². The summed E-state index contributed by atoms with van der Waals surface area (Å²) in [5.41, 5.74) is -0.145. The summed E-state index contributed by atoms with van der Waals surface area (Å²) in [5.74, 6) is 0.755. The number of Topliss-reactive ketones (excluding diaryl/α,β-unsaturated/α-hetero) is 1. The summed E-state index contributed by atoms with van der Waals surface area (Å²) in [7, 11) is 0. The zero-order chi connectivity index (χ0) is 16.6. The lowest BCUT2D eigenvalue weighted by Gasteiger charge is -2.44. The standard InChI is InChI=1S/C16H16Cl3NO3/c17-4-1-14(22)20-5-2-16(3-6-20)9-13(21)11-7-10(18)8-12(19)15(11)23-16/h7-8H,1-6,9H2. The van der Waals surface area contributed by atoms with Gasteiger partial charge >= 0.3 is 0 Å². The van der Waals surface area contributed by atoms with Crippen molar-refractivity contribution in [2.45, 2.75) is 31.3 Å². The normalized spacial score (nSPS) is 19.4. The third kappa shape index (κ3) is 3.30. The van der Waals surface area contributed by atoms with E-state index in [-0.39, 0.29) is 18.1 Å². The maximum Gasteiger partial charge on any atom is 0.223 e. The van der Waals surface area contributed by atoms with Gasteiger partial charge < -0.3 is 9.64 Å². The van der Waals surface area contributed by atoms with Crippen LogP contribution in [0.25, 0.3) is 0 Å². The molecule has 0 N–H and O–H groups in total. The van der Waals surface area contributed by atoms with Crippen LogP contribution in [0.3, 0.4) is 0 Å². The van der Waals surface area contributed by atoms with Crippen LogP contribution in [0.1, 0.15) is 36.0 Å². The van der Waals surface area contributed by atoms with Crippen LogP contribution in [0.2, 0.25) is 10.0 Å². The molecule has 3 rings (SSSR count). The van der Waals surface area contributed by atoms with E-state index in [1.54, 1.807) is 17.0 Å². The van der Waals surface area contributed by atoms with Crippen molar-refractivity contribution < 1.29 is 14.3 Å². The highest BCUT2D eigenvalue weighted by Crippen LogP contribution is 2.44. The number of carbonyl (C=O) groups excluding carboxylic acids is 2. The molecule has 4 nitrogen and oxygen atoms in total. The Bertz CT molecular complexity index is 654. The highest BCUT2D eigenvalue weighted by Gasteiger charge is 2.44. The molecule has 0 saturated carbocycles. The van der Waals surface area contributed by atoms with Crippen molar-refractivity contribution >= 4 is 46.5 Å². The number of halogens is 3. The molecular formula is C16H16Cl3NO3. The highest BCUT2D eigenvalue weighted by molar-refractivity contribution is 6.36. The molecule has 0 atom stereocenters. The van der Waals surface area contributed by atoms with Gasteiger partial charge in [0.1, 0.15) is 11.4 Å². The van der Waals surface area contributed by atoms with Crippen LogP contribution in [-0.4, -0.2) is 41.2 Å². The average Bonchev–Trinajstić information content (AvgIpc) is 2.50. The number of likely N-dealkylation sites (tertiary alicyclic amines) is 1. The second-order valence-corrected chi connectivity index (χ2v) is 7.19. The molecule has 1 spiro atoms. The third-order valence-corrected chi connectivity index (χ3v) is 5.13. The predicted octanol–water partition coefficient (Wildman–Crippen LogP) is 3.95. The smallest absolute Gasteiger partial charge is 0.223 e. The van der Waals surface area contributed by atoms with Gasteiger partial charge in [-0.25, -0.2) is 0 Å². The molecule has 0 bridgehead atoms. The van der Waals surface area contributed by atoms with Gasteiger partial charge in [0, 0.05) is 43.3 Å². The van der Waals surface area contributed by atoms with E-state index in [0.29, 0.717) is 59.6 Å². The number of hydrogen-bond donors (Lipinski definition) is 0. The second kappa shape index (κ2) is 6.50. The van der Waals surface area contributed by atoms with Crippen molar-refractivity contribution in [3.05, 3.63) is 27.7 Å². The maximum absolute atomic E-state index is 12.5. The molecule has 1 saturated heterocycles. The maximum atomic E-state index is 12.5. The Morgan fingerprint density at radius 3 is 2.61 bits per heavy atom. The monoisotopic (exact) mass is 375 g/mol. The van der Waals surface area contributed by atoms with Crippen LogP contribution < -0.4 is 4.74 Å². The molecule has 0 unspecified atom stereocenters. The van der Waals surface area contributed by atoms with Crippen molar-refractivity contribution in [1.29, 1.82) is 0 Å². The van der Waals surface area contributed by atoms with E-state index in [4.69, 9.17) is 39.5 Å². The Morgan fingerprint density at radius 1 is 1.26 bits per heavy atom. The molecule has 7 heteroatoms. The first-order chi connectivity index (χ1) is 10.9. The summed E-state index contributed by atoms with van der Waals surface area (Å²) in [6.45, 7) is 1.12. The summed E-state index contributed by atoms with van der Waals surface area (Å²) in [5, 5.41) is 0.767. The molecule has 2 heterocycles. The van der Waals surface area contributed by atoms with Crippen molar-refractivity contribution in [3.8, 4) is 5.75 Å². The lowest BCUT2D eigenvalue weighted by atomic mass is 9.82. The van der Waals surface area contributed by atoms with E-state index in [1.165, 1.54) is 0 Å². The van der Waals surface area contributed by atoms with Crippen molar-refractivity contribution in [2.75, 3.05) is 19.0 Å².